The van der Waals surface area contributed by atoms with E-state index >= 15 is 0 Å². The van der Waals surface area contributed by atoms with Crippen molar-refractivity contribution in [3.05, 3.63) is 77.9 Å². The second-order valence-electron chi connectivity index (χ2n) is 5.24. The molecule has 0 aliphatic rings. The first-order valence-electron chi connectivity index (χ1n) is 7.42. The Balaban J connectivity index is 1.72. The lowest BCUT2D eigenvalue weighted by molar-refractivity contribution is 0.148. The molecular weight excluding hydrogens is 258 g/mol. The average molecular weight is 281 g/mol. The van der Waals surface area contributed by atoms with E-state index in [4.69, 9.17) is 0 Å². The van der Waals surface area contributed by atoms with E-state index in [1.54, 1.807) is 0 Å². The first-order chi connectivity index (χ1) is 10.3. The molecule has 0 bridgehead atoms. The van der Waals surface area contributed by atoms with Crippen LogP contribution >= 0.6 is 0 Å². The standard InChI is InChI=1S/C19H23NO/c1-16(18-12-6-3-7-13-18)19(21)15-20-14-8-11-17-9-4-2-5-10-17/h2-13,16,19-21H,14-15H2,1H3. The maximum atomic E-state index is 10.2. The normalized spacial score (nSPS) is 14.2. The molecule has 0 aliphatic heterocycles. The van der Waals surface area contributed by atoms with E-state index in [9.17, 15) is 5.11 Å². The van der Waals surface area contributed by atoms with E-state index < -0.39 is 0 Å². The van der Waals surface area contributed by atoms with Crippen LogP contribution in [0.3, 0.4) is 0 Å². The van der Waals surface area contributed by atoms with Crippen molar-refractivity contribution in [3.8, 4) is 0 Å². The minimum atomic E-state index is -0.377. The molecule has 2 aromatic carbocycles. The maximum absolute atomic E-state index is 10.2. The molecule has 0 fully saturated rings. The molecule has 2 nitrogen and oxygen atoms in total. The van der Waals surface area contributed by atoms with Crippen molar-refractivity contribution in [2.75, 3.05) is 13.1 Å². The van der Waals surface area contributed by atoms with Crippen LogP contribution < -0.4 is 5.32 Å². The average Bonchev–Trinajstić information content (AvgIpc) is 2.55. The van der Waals surface area contributed by atoms with Gasteiger partial charge in [0.2, 0.25) is 0 Å². The minimum Gasteiger partial charge on any atom is -0.391 e. The molecule has 0 saturated heterocycles. The molecule has 2 heteroatoms. The van der Waals surface area contributed by atoms with Gasteiger partial charge in [-0.1, -0.05) is 79.7 Å². The first kappa shape index (κ1) is 15.5. The van der Waals surface area contributed by atoms with Crippen LogP contribution in [0.4, 0.5) is 0 Å². The third-order valence-electron chi connectivity index (χ3n) is 3.63. The van der Waals surface area contributed by atoms with Crippen molar-refractivity contribution < 1.29 is 5.11 Å². The highest BCUT2D eigenvalue weighted by Crippen LogP contribution is 2.18. The second kappa shape index (κ2) is 8.40. The zero-order valence-corrected chi connectivity index (χ0v) is 12.4. The fraction of sp³-hybridized carbons (Fsp3) is 0.263. The lowest BCUT2D eigenvalue weighted by Crippen LogP contribution is -2.30. The predicted octanol–water partition coefficient (Wildman–Crippen LogP) is 3.45. The second-order valence-corrected chi connectivity index (χ2v) is 5.24. The van der Waals surface area contributed by atoms with Crippen molar-refractivity contribution in [2.45, 2.75) is 18.9 Å². The molecule has 0 heterocycles. The molecule has 2 aromatic rings. The van der Waals surface area contributed by atoms with Gasteiger partial charge in [-0.15, -0.1) is 0 Å². The van der Waals surface area contributed by atoms with Crippen molar-refractivity contribution in [3.63, 3.8) is 0 Å². The van der Waals surface area contributed by atoms with Crippen molar-refractivity contribution in [2.24, 2.45) is 0 Å². The first-order valence-corrected chi connectivity index (χ1v) is 7.42. The van der Waals surface area contributed by atoms with Crippen LogP contribution in [-0.2, 0) is 0 Å². The molecule has 2 unspecified atom stereocenters. The van der Waals surface area contributed by atoms with Gasteiger partial charge in [-0.25, -0.2) is 0 Å². The quantitative estimate of drug-likeness (QED) is 0.762. The number of nitrogens with one attached hydrogen (secondary N) is 1. The van der Waals surface area contributed by atoms with Gasteiger partial charge in [0.05, 0.1) is 6.10 Å². The summed E-state index contributed by atoms with van der Waals surface area (Å²) in [7, 11) is 0. The van der Waals surface area contributed by atoms with Crippen LogP contribution in [0.25, 0.3) is 6.08 Å². The van der Waals surface area contributed by atoms with E-state index in [0.717, 1.165) is 6.54 Å². The van der Waals surface area contributed by atoms with Crippen molar-refractivity contribution >= 4 is 6.08 Å². The molecule has 2 N–H and O–H groups in total. The molecule has 0 aliphatic carbocycles. The van der Waals surface area contributed by atoms with Crippen LogP contribution in [0.5, 0.6) is 0 Å². The van der Waals surface area contributed by atoms with Gasteiger partial charge in [0, 0.05) is 19.0 Å². The van der Waals surface area contributed by atoms with Crippen LogP contribution in [0, 0.1) is 0 Å². The summed E-state index contributed by atoms with van der Waals surface area (Å²) in [5, 5.41) is 13.5. The molecule has 0 saturated carbocycles. The van der Waals surface area contributed by atoms with Gasteiger partial charge in [0.15, 0.2) is 0 Å². The van der Waals surface area contributed by atoms with Gasteiger partial charge < -0.3 is 10.4 Å². The lowest BCUT2D eigenvalue weighted by Gasteiger charge is -2.19. The Labute approximate surface area is 127 Å². The van der Waals surface area contributed by atoms with Crippen molar-refractivity contribution in [1.82, 2.24) is 5.32 Å². The number of hydrogen-bond acceptors (Lipinski definition) is 2. The predicted molar refractivity (Wildman–Crippen MR) is 89.2 cm³/mol. The summed E-state index contributed by atoms with van der Waals surface area (Å²) < 4.78 is 0. The zero-order valence-electron chi connectivity index (χ0n) is 12.4. The third kappa shape index (κ3) is 5.18. The number of benzene rings is 2. The molecular formula is C19H23NO. The Morgan fingerprint density at radius 3 is 2.29 bits per heavy atom. The van der Waals surface area contributed by atoms with Crippen LogP contribution in [0.1, 0.15) is 24.0 Å². The molecule has 0 amide bonds. The highest BCUT2D eigenvalue weighted by molar-refractivity contribution is 5.48. The van der Waals surface area contributed by atoms with Gasteiger partial charge in [-0.05, 0) is 11.1 Å². The van der Waals surface area contributed by atoms with Gasteiger partial charge in [0.1, 0.15) is 0 Å². The zero-order chi connectivity index (χ0) is 14.9. The summed E-state index contributed by atoms with van der Waals surface area (Å²) in [6.45, 7) is 3.41. The maximum Gasteiger partial charge on any atom is 0.0730 e. The topological polar surface area (TPSA) is 32.3 Å². The van der Waals surface area contributed by atoms with Crippen LogP contribution in [0.2, 0.25) is 0 Å². The highest BCUT2D eigenvalue weighted by Gasteiger charge is 2.14. The number of aliphatic hydroxyl groups excluding tert-OH is 1. The highest BCUT2D eigenvalue weighted by atomic mass is 16.3. The van der Waals surface area contributed by atoms with E-state index in [1.807, 2.05) is 36.4 Å². The number of hydrogen-bond donors (Lipinski definition) is 2. The van der Waals surface area contributed by atoms with Crippen molar-refractivity contribution in [1.29, 1.82) is 0 Å². The summed E-state index contributed by atoms with van der Waals surface area (Å²) in [4.78, 5) is 0. The monoisotopic (exact) mass is 281 g/mol. The van der Waals surface area contributed by atoms with Crippen LogP contribution in [-0.4, -0.2) is 24.3 Å². The summed E-state index contributed by atoms with van der Waals surface area (Å²) in [5.74, 6) is 0.136. The van der Waals surface area contributed by atoms with E-state index in [1.165, 1.54) is 11.1 Å². The number of aliphatic hydroxyl groups is 1. The van der Waals surface area contributed by atoms with E-state index in [-0.39, 0.29) is 12.0 Å². The van der Waals surface area contributed by atoms with E-state index in [2.05, 4.69) is 48.7 Å². The van der Waals surface area contributed by atoms with E-state index in [0.29, 0.717) is 6.54 Å². The summed E-state index contributed by atoms with van der Waals surface area (Å²) in [6, 6.07) is 20.3. The fourth-order valence-corrected chi connectivity index (χ4v) is 2.23. The Morgan fingerprint density at radius 2 is 1.62 bits per heavy atom. The third-order valence-corrected chi connectivity index (χ3v) is 3.63. The summed E-state index contributed by atoms with van der Waals surface area (Å²) in [6.07, 6.45) is 3.78. The fourth-order valence-electron chi connectivity index (χ4n) is 2.23. The Morgan fingerprint density at radius 1 is 1.00 bits per heavy atom. The van der Waals surface area contributed by atoms with Crippen LogP contribution in [0.15, 0.2) is 66.7 Å². The molecule has 21 heavy (non-hydrogen) atoms. The Kier molecular flexibility index (Phi) is 6.20. The molecule has 0 aromatic heterocycles. The molecule has 0 spiro atoms. The molecule has 2 rings (SSSR count). The molecule has 0 radical (unpaired) electrons. The number of rotatable bonds is 7. The molecule has 2 atom stereocenters. The van der Waals surface area contributed by atoms with Gasteiger partial charge in [0.25, 0.3) is 0 Å². The molecule has 110 valence electrons. The Bertz CT molecular complexity index is 536. The van der Waals surface area contributed by atoms with Gasteiger partial charge in [-0.2, -0.15) is 0 Å². The lowest BCUT2D eigenvalue weighted by atomic mass is 9.95. The SMILES string of the molecule is CC(c1ccccc1)C(O)CNCC=Cc1ccccc1. The summed E-state index contributed by atoms with van der Waals surface area (Å²) in [5.41, 5.74) is 2.36. The van der Waals surface area contributed by atoms with Gasteiger partial charge >= 0.3 is 0 Å². The minimum absolute atomic E-state index is 0.136. The smallest absolute Gasteiger partial charge is 0.0730 e. The largest absolute Gasteiger partial charge is 0.391 e. The Hall–Kier alpha value is -1.90. The summed E-state index contributed by atoms with van der Waals surface area (Å²) >= 11 is 0. The van der Waals surface area contributed by atoms with Gasteiger partial charge in [-0.3, -0.25) is 0 Å².